The highest BCUT2D eigenvalue weighted by molar-refractivity contribution is 7.15. The summed E-state index contributed by atoms with van der Waals surface area (Å²) in [6.07, 6.45) is 0.138. The van der Waals surface area contributed by atoms with Crippen molar-refractivity contribution in [3.8, 4) is 16.9 Å². The molecule has 136 valence electrons. The number of nitrogens with one attached hydrogen (secondary N) is 1. The monoisotopic (exact) mass is 383 g/mol. The lowest BCUT2D eigenvalue weighted by molar-refractivity contribution is -0.116. The Hall–Kier alpha value is -3.19. The first kappa shape index (κ1) is 17.2. The van der Waals surface area contributed by atoms with Crippen LogP contribution in [0.2, 0.25) is 0 Å². The average molecular weight is 383 g/mol. The number of phenolic OH excluding ortho intramolecular Hbond substituents is 1. The van der Waals surface area contributed by atoms with Gasteiger partial charge in [0.05, 0.1) is 5.69 Å². The van der Waals surface area contributed by atoms with E-state index in [1.165, 1.54) is 24.3 Å². The molecule has 0 spiro atoms. The van der Waals surface area contributed by atoms with Gasteiger partial charge in [-0.25, -0.2) is 9.18 Å². The molecule has 3 N–H and O–H groups in total. The highest BCUT2D eigenvalue weighted by Gasteiger charge is 2.34. The Morgan fingerprint density at radius 3 is 2.67 bits per heavy atom. The minimum absolute atomic E-state index is 0.0398. The number of aromatic carboxylic acids is 1. The van der Waals surface area contributed by atoms with Crippen LogP contribution in [0, 0.1) is 5.82 Å². The molecule has 1 aromatic heterocycles. The maximum Gasteiger partial charge on any atom is 0.346 e. The number of carboxylic acid groups (broad SMARTS) is 1. The van der Waals surface area contributed by atoms with Crippen molar-refractivity contribution in [2.24, 2.45) is 0 Å². The zero-order valence-electron chi connectivity index (χ0n) is 13.9. The van der Waals surface area contributed by atoms with Crippen LogP contribution in [0.15, 0.2) is 48.5 Å². The van der Waals surface area contributed by atoms with Crippen LogP contribution in [0.4, 0.5) is 10.1 Å². The van der Waals surface area contributed by atoms with Gasteiger partial charge in [-0.2, -0.15) is 0 Å². The summed E-state index contributed by atoms with van der Waals surface area (Å²) in [6.45, 7) is 0. The molecule has 4 rings (SSSR count). The predicted molar refractivity (Wildman–Crippen MR) is 99.9 cm³/mol. The molecule has 3 aromatic rings. The summed E-state index contributed by atoms with van der Waals surface area (Å²) in [7, 11) is 0. The molecule has 7 heteroatoms. The normalized spacial score (nSPS) is 15.9. The Labute approximate surface area is 157 Å². The van der Waals surface area contributed by atoms with E-state index in [1.54, 1.807) is 24.3 Å². The lowest BCUT2D eigenvalue weighted by Crippen LogP contribution is -2.22. The molecule has 2 aromatic carbocycles. The first-order valence-corrected chi connectivity index (χ1v) is 9.00. The van der Waals surface area contributed by atoms with Gasteiger partial charge in [-0.1, -0.05) is 24.3 Å². The van der Waals surface area contributed by atoms with Crippen molar-refractivity contribution in [1.82, 2.24) is 0 Å². The molecule has 1 aliphatic heterocycles. The Morgan fingerprint density at radius 2 is 1.96 bits per heavy atom. The van der Waals surface area contributed by atoms with E-state index >= 15 is 0 Å². The topological polar surface area (TPSA) is 86.6 Å². The van der Waals surface area contributed by atoms with E-state index in [2.05, 4.69) is 5.32 Å². The minimum atomic E-state index is -1.14. The van der Waals surface area contributed by atoms with Crippen LogP contribution in [0.5, 0.6) is 5.75 Å². The first-order valence-electron chi connectivity index (χ1n) is 8.18. The largest absolute Gasteiger partial charge is 0.508 e. The zero-order valence-corrected chi connectivity index (χ0v) is 14.7. The van der Waals surface area contributed by atoms with Crippen molar-refractivity contribution >= 4 is 28.9 Å². The SMILES string of the molecule is O=C1C[C@H](c2cccc(O)c2)c2sc(C(=O)O)c(-c3cccc(F)c3)c2N1. The third-order valence-electron chi connectivity index (χ3n) is 4.49. The van der Waals surface area contributed by atoms with Crippen molar-refractivity contribution in [3.05, 3.63) is 69.7 Å². The number of hydrogen-bond acceptors (Lipinski definition) is 4. The number of fused-ring (bicyclic) bond motifs is 1. The molecule has 0 radical (unpaired) electrons. The van der Waals surface area contributed by atoms with Gasteiger partial charge in [-0.05, 0) is 35.4 Å². The summed E-state index contributed by atoms with van der Waals surface area (Å²) in [5.41, 5.74) is 1.81. The Balaban J connectivity index is 1.95. The van der Waals surface area contributed by atoms with E-state index in [0.29, 0.717) is 21.7 Å². The van der Waals surface area contributed by atoms with E-state index in [-0.39, 0.29) is 28.9 Å². The van der Waals surface area contributed by atoms with Crippen molar-refractivity contribution < 1.29 is 24.2 Å². The lowest BCUT2D eigenvalue weighted by atomic mass is 9.88. The number of carboxylic acids is 1. The second-order valence-electron chi connectivity index (χ2n) is 6.26. The standard InChI is InChI=1S/C20H14FNO4S/c21-12-5-1-4-11(7-12)16-17-18(27-19(16)20(25)26)14(9-15(24)22-17)10-3-2-6-13(23)8-10/h1-8,14,23H,9H2,(H,22,24)(H,25,26)/t14-/m1/s1. The summed E-state index contributed by atoms with van der Waals surface area (Å²) < 4.78 is 13.7. The van der Waals surface area contributed by atoms with E-state index in [1.807, 2.05) is 0 Å². The van der Waals surface area contributed by atoms with Gasteiger partial charge in [0.25, 0.3) is 0 Å². The lowest BCUT2D eigenvalue weighted by Gasteiger charge is -2.24. The summed E-state index contributed by atoms with van der Waals surface area (Å²) >= 11 is 1.06. The highest BCUT2D eigenvalue weighted by atomic mass is 32.1. The van der Waals surface area contributed by atoms with E-state index in [4.69, 9.17) is 0 Å². The molecule has 0 aliphatic carbocycles. The second-order valence-corrected chi connectivity index (χ2v) is 7.31. The van der Waals surface area contributed by atoms with Gasteiger partial charge in [0.1, 0.15) is 16.4 Å². The Kier molecular flexibility index (Phi) is 4.16. The predicted octanol–water partition coefficient (Wildman–Crippen LogP) is 4.43. The number of halogens is 1. The third-order valence-corrected chi connectivity index (χ3v) is 5.78. The molecule has 5 nitrogen and oxygen atoms in total. The third kappa shape index (κ3) is 3.06. The maximum atomic E-state index is 13.7. The van der Waals surface area contributed by atoms with Gasteiger partial charge in [0.15, 0.2) is 0 Å². The number of hydrogen-bond donors (Lipinski definition) is 3. The summed E-state index contributed by atoms with van der Waals surface area (Å²) in [4.78, 5) is 24.9. The van der Waals surface area contributed by atoms with Crippen molar-refractivity contribution in [2.75, 3.05) is 5.32 Å². The molecular weight excluding hydrogens is 369 g/mol. The number of amides is 1. The summed E-state index contributed by atoms with van der Waals surface area (Å²) in [6, 6.07) is 12.2. The van der Waals surface area contributed by atoms with Crippen LogP contribution in [0.3, 0.4) is 0 Å². The molecule has 2 heterocycles. The number of carbonyl (C=O) groups excluding carboxylic acids is 1. The molecule has 0 bridgehead atoms. The van der Waals surface area contributed by atoms with Gasteiger partial charge < -0.3 is 15.5 Å². The molecule has 27 heavy (non-hydrogen) atoms. The van der Waals surface area contributed by atoms with Gasteiger partial charge in [0.2, 0.25) is 5.91 Å². The smallest absolute Gasteiger partial charge is 0.346 e. The van der Waals surface area contributed by atoms with E-state index in [0.717, 1.165) is 16.9 Å². The van der Waals surface area contributed by atoms with Crippen LogP contribution < -0.4 is 5.32 Å². The van der Waals surface area contributed by atoms with Gasteiger partial charge in [-0.15, -0.1) is 11.3 Å². The summed E-state index contributed by atoms with van der Waals surface area (Å²) in [5.74, 6) is -2.21. The van der Waals surface area contributed by atoms with Crippen molar-refractivity contribution in [2.45, 2.75) is 12.3 Å². The number of carbonyl (C=O) groups is 2. The van der Waals surface area contributed by atoms with Crippen LogP contribution in [0.1, 0.15) is 32.5 Å². The fourth-order valence-electron chi connectivity index (χ4n) is 3.37. The van der Waals surface area contributed by atoms with Crippen LogP contribution in [-0.2, 0) is 4.79 Å². The van der Waals surface area contributed by atoms with E-state index in [9.17, 15) is 24.2 Å². The number of rotatable bonds is 3. The van der Waals surface area contributed by atoms with Gasteiger partial charge in [0, 0.05) is 22.8 Å². The Morgan fingerprint density at radius 1 is 1.19 bits per heavy atom. The fraction of sp³-hybridized carbons (Fsp3) is 0.100. The maximum absolute atomic E-state index is 13.7. The molecular formula is C20H14FNO4S. The Bertz CT molecular complexity index is 1080. The zero-order chi connectivity index (χ0) is 19.1. The number of aromatic hydroxyl groups is 1. The van der Waals surface area contributed by atoms with Crippen LogP contribution in [-0.4, -0.2) is 22.1 Å². The quantitative estimate of drug-likeness (QED) is 0.624. The van der Waals surface area contributed by atoms with Crippen molar-refractivity contribution in [1.29, 1.82) is 0 Å². The number of anilines is 1. The molecule has 1 amide bonds. The van der Waals surface area contributed by atoms with Gasteiger partial charge >= 0.3 is 5.97 Å². The molecule has 1 aliphatic rings. The van der Waals surface area contributed by atoms with Crippen molar-refractivity contribution in [3.63, 3.8) is 0 Å². The average Bonchev–Trinajstić information content (AvgIpc) is 3.00. The van der Waals surface area contributed by atoms with Crippen LogP contribution >= 0.6 is 11.3 Å². The van der Waals surface area contributed by atoms with Crippen LogP contribution in [0.25, 0.3) is 11.1 Å². The number of thiophene rings is 1. The number of benzene rings is 2. The molecule has 0 saturated carbocycles. The second kappa shape index (κ2) is 6.51. The number of phenols is 1. The minimum Gasteiger partial charge on any atom is -0.508 e. The summed E-state index contributed by atoms with van der Waals surface area (Å²) in [5, 5.41) is 22.2. The first-order chi connectivity index (χ1) is 12.9. The van der Waals surface area contributed by atoms with Gasteiger partial charge in [-0.3, -0.25) is 4.79 Å². The molecule has 0 fully saturated rings. The molecule has 0 saturated heterocycles. The van der Waals surface area contributed by atoms with E-state index < -0.39 is 11.8 Å². The molecule has 0 unspecified atom stereocenters. The highest BCUT2D eigenvalue weighted by Crippen LogP contribution is 2.49. The molecule has 1 atom stereocenters. The fourth-order valence-corrected chi connectivity index (χ4v) is 4.61.